The summed E-state index contributed by atoms with van der Waals surface area (Å²) in [5.41, 5.74) is -1.16. The van der Waals surface area contributed by atoms with Gasteiger partial charge in [-0.1, -0.05) is 35.9 Å². The van der Waals surface area contributed by atoms with Gasteiger partial charge in [-0.15, -0.1) is 0 Å². The third-order valence-electron chi connectivity index (χ3n) is 9.69. The fraction of sp³-hybridized carbons (Fsp3) is 0.0952. The van der Waals surface area contributed by atoms with Crippen molar-refractivity contribution in [1.29, 1.82) is 15.8 Å². The van der Waals surface area contributed by atoms with E-state index in [-0.39, 0.29) is 49.6 Å². The van der Waals surface area contributed by atoms with Gasteiger partial charge in [0.1, 0.15) is 28.7 Å². The molecule has 0 saturated heterocycles. The van der Waals surface area contributed by atoms with Crippen LogP contribution in [-0.2, 0) is 12.4 Å². The maximum absolute atomic E-state index is 14.8. The van der Waals surface area contributed by atoms with E-state index in [2.05, 4.69) is 4.85 Å². The largest absolute Gasteiger partial charge is 0.466 e. The summed E-state index contributed by atoms with van der Waals surface area (Å²) in [4.78, 5) is 3.25. The van der Waals surface area contributed by atoms with E-state index in [1.165, 1.54) is 38.1 Å². The lowest BCUT2D eigenvalue weighted by molar-refractivity contribution is -0.138. The highest BCUT2D eigenvalue weighted by Crippen LogP contribution is 2.51. The van der Waals surface area contributed by atoms with Crippen LogP contribution in [0, 0.1) is 54.4 Å². The maximum Gasteiger partial charge on any atom is 0.417 e. The van der Waals surface area contributed by atoms with Gasteiger partial charge in [-0.2, -0.15) is 36.9 Å². The van der Waals surface area contributed by atoms with Crippen LogP contribution >= 0.6 is 0 Å². The average Bonchev–Trinajstić information content (AvgIpc) is 3.76. The topological polar surface area (TPSA) is 102 Å². The molecule has 0 fully saturated rings. The normalized spacial score (nSPS) is 12.7. The highest BCUT2D eigenvalue weighted by molar-refractivity contribution is 6.37. The molecular formula is C42H18F6N4O2. The van der Waals surface area contributed by atoms with E-state index in [9.17, 15) is 42.1 Å². The van der Waals surface area contributed by atoms with E-state index in [1.54, 1.807) is 48.5 Å². The number of benzene rings is 6. The fourth-order valence-corrected chi connectivity index (χ4v) is 7.46. The summed E-state index contributed by atoms with van der Waals surface area (Å²) < 4.78 is 98.1. The van der Waals surface area contributed by atoms with Gasteiger partial charge in [-0.05, 0) is 83.8 Å². The predicted molar refractivity (Wildman–Crippen MR) is 190 cm³/mol. The molecule has 0 amide bonds. The molecule has 0 atom stereocenters. The van der Waals surface area contributed by atoms with Crippen LogP contribution in [0.25, 0.3) is 92.6 Å². The Balaban J connectivity index is 1.66. The number of nitrogens with zero attached hydrogens (tertiary/aromatic N) is 4. The zero-order chi connectivity index (χ0) is 38.4. The number of alkyl halides is 6. The number of nitriles is 3. The van der Waals surface area contributed by atoms with Crippen LogP contribution in [0.4, 0.5) is 26.3 Å². The van der Waals surface area contributed by atoms with E-state index in [4.69, 9.17) is 15.4 Å². The monoisotopic (exact) mass is 724 g/mol. The highest BCUT2D eigenvalue weighted by Gasteiger charge is 2.36. The molecule has 0 bridgehead atoms. The van der Waals surface area contributed by atoms with Crippen molar-refractivity contribution in [1.82, 2.24) is 0 Å². The van der Waals surface area contributed by atoms with Crippen molar-refractivity contribution >= 4 is 65.5 Å². The highest BCUT2D eigenvalue weighted by atomic mass is 19.4. The van der Waals surface area contributed by atoms with Crippen molar-refractivity contribution in [2.75, 3.05) is 0 Å². The van der Waals surface area contributed by atoms with Gasteiger partial charge in [0.15, 0.2) is 11.0 Å². The average molecular weight is 725 g/mol. The number of aryl methyl sites for hydroxylation is 2. The molecule has 260 valence electrons. The van der Waals surface area contributed by atoms with Crippen LogP contribution in [0.2, 0.25) is 0 Å². The molecule has 0 radical (unpaired) electrons. The molecule has 54 heavy (non-hydrogen) atoms. The van der Waals surface area contributed by atoms with Crippen molar-refractivity contribution < 1.29 is 35.2 Å². The first-order valence-electron chi connectivity index (χ1n) is 16.0. The molecule has 0 aliphatic rings. The molecule has 8 aromatic rings. The number of hydrogen-bond acceptors (Lipinski definition) is 5. The number of furan rings is 2. The summed E-state index contributed by atoms with van der Waals surface area (Å²) in [6, 6.07) is 22.1. The van der Waals surface area contributed by atoms with Crippen molar-refractivity contribution in [3.05, 3.63) is 117 Å². The van der Waals surface area contributed by atoms with Crippen LogP contribution in [0.5, 0.6) is 0 Å². The number of halogens is 6. The van der Waals surface area contributed by atoms with Gasteiger partial charge in [0.2, 0.25) is 0 Å². The third-order valence-corrected chi connectivity index (χ3v) is 9.69. The summed E-state index contributed by atoms with van der Waals surface area (Å²) in [5.74, 6) is 0. The molecule has 2 aromatic heterocycles. The van der Waals surface area contributed by atoms with E-state index < -0.39 is 29.2 Å². The Hall–Kier alpha value is -7.28. The van der Waals surface area contributed by atoms with Gasteiger partial charge in [0, 0.05) is 43.4 Å². The van der Waals surface area contributed by atoms with Crippen LogP contribution < -0.4 is 10.8 Å². The standard InChI is InChI=1S/C42H18F6N4O2/c1-19-4-6-24(31(12-19)42(46,47)48)36-26-9-8-25-35(23-7-5-22(13-20(23)2)41(43,44)45)29-14-33(21(16-49)17-50)53-39(29)27-10-11-28(38(26)37(25)27)40-30(36)15-34(54-40)32(18-51)52-3/h4-15H,1-2H3/b34-32+. The van der Waals surface area contributed by atoms with Crippen LogP contribution in [-0.4, -0.2) is 0 Å². The Bertz CT molecular complexity index is 3230. The molecule has 0 aliphatic carbocycles. The molecule has 0 saturated carbocycles. The first-order valence-corrected chi connectivity index (χ1v) is 16.0. The smallest absolute Gasteiger partial charge is 0.417 e. The van der Waals surface area contributed by atoms with Gasteiger partial charge >= 0.3 is 18.0 Å². The lowest BCUT2D eigenvalue weighted by Crippen LogP contribution is -2.08. The Morgan fingerprint density at radius 1 is 0.611 bits per heavy atom. The van der Waals surface area contributed by atoms with Gasteiger partial charge in [-0.25, -0.2) is 10.1 Å². The number of hydrogen-bond donors (Lipinski definition) is 0. The van der Waals surface area contributed by atoms with Crippen molar-refractivity contribution in [2.24, 2.45) is 0 Å². The third kappa shape index (κ3) is 4.85. The summed E-state index contributed by atoms with van der Waals surface area (Å²) in [6.45, 7) is 10.6. The molecule has 8 rings (SSSR count). The van der Waals surface area contributed by atoms with Crippen LogP contribution in [0.3, 0.4) is 0 Å². The minimum atomic E-state index is -4.79. The fourth-order valence-electron chi connectivity index (χ4n) is 7.46. The van der Waals surface area contributed by atoms with Gasteiger partial charge < -0.3 is 8.83 Å². The first kappa shape index (κ1) is 33.8. The van der Waals surface area contributed by atoms with E-state index >= 15 is 0 Å². The van der Waals surface area contributed by atoms with Gasteiger partial charge in [0.25, 0.3) is 0 Å². The predicted octanol–water partition coefficient (Wildman–Crippen LogP) is 10.8. The van der Waals surface area contributed by atoms with E-state index in [0.29, 0.717) is 54.4 Å². The quantitative estimate of drug-likeness (QED) is 0.100. The molecule has 6 nitrogen and oxygen atoms in total. The first-order chi connectivity index (χ1) is 25.7. The van der Waals surface area contributed by atoms with E-state index in [1.807, 2.05) is 0 Å². The number of rotatable bonds is 2. The molecule has 6 aromatic carbocycles. The molecular weight excluding hydrogens is 706 g/mol. The molecule has 0 unspecified atom stereocenters. The summed E-state index contributed by atoms with van der Waals surface area (Å²) in [7, 11) is 0. The lowest BCUT2D eigenvalue weighted by Gasteiger charge is -2.21. The molecule has 0 spiro atoms. The number of fused-ring (bicyclic) bond motifs is 4. The molecule has 2 heterocycles. The Morgan fingerprint density at radius 2 is 1.15 bits per heavy atom. The van der Waals surface area contributed by atoms with Crippen LogP contribution in [0.1, 0.15) is 22.3 Å². The summed E-state index contributed by atoms with van der Waals surface area (Å²) >= 11 is 0. The van der Waals surface area contributed by atoms with Crippen LogP contribution in [0.15, 0.2) is 81.6 Å². The lowest BCUT2D eigenvalue weighted by atomic mass is 9.83. The Labute approximate surface area is 300 Å². The van der Waals surface area contributed by atoms with Crippen molar-refractivity contribution in [2.45, 2.75) is 26.2 Å². The second kappa shape index (κ2) is 11.6. The zero-order valence-corrected chi connectivity index (χ0v) is 27.8. The Kier molecular flexibility index (Phi) is 7.28. The second-order valence-corrected chi connectivity index (χ2v) is 12.8. The maximum atomic E-state index is 14.8. The zero-order valence-electron chi connectivity index (χ0n) is 27.8. The summed E-state index contributed by atoms with van der Waals surface area (Å²) in [6.07, 6.45) is -9.41. The minimum Gasteiger partial charge on any atom is -0.466 e. The molecule has 0 N–H and O–H groups in total. The molecule has 0 aliphatic heterocycles. The second-order valence-electron chi connectivity index (χ2n) is 12.8. The van der Waals surface area contributed by atoms with E-state index in [0.717, 1.165) is 18.2 Å². The molecule has 12 heteroatoms. The van der Waals surface area contributed by atoms with Gasteiger partial charge in [-0.3, -0.25) is 0 Å². The van der Waals surface area contributed by atoms with Crippen molar-refractivity contribution in [3.8, 4) is 40.5 Å². The van der Waals surface area contributed by atoms with Gasteiger partial charge in [0.05, 0.1) is 23.8 Å². The minimum absolute atomic E-state index is 0.0807. The SMILES string of the molecule is [C-]#[N+]/C(C#N)=c1\cc2c(-c3ccc(C)cc3C(F)(F)F)c3ccc4c(-c5ccc(C(F)(F)F)cc5C)c5cc(=C(C#N)C#N)oc5c5ccc(c2o1)c3c45. The summed E-state index contributed by atoms with van der Waals surface area (Å²) in [5, 5.41) is 32.3. The van der Waals surface area contributed by atoms with Crippen molar-refractivity contribution in [3.63, 3.8) is 0 Å². The Morgan fingerprint density at radius 3 is 1.67 bits per heavy atom.